The summed E-state index contributed by atoms with van der Waals surface area (Å²) in [6.07, 6.45) is 0. The van der Waals surface area contributed by atoms with Gasteiger partial charge in [0.05, 0.1) is 17.6 Å². The lowest BCUT2D eigenvalue weighted by atomic mass is 10.1. The molecule has 0 atom stereocenters. The van der Waals surface area contributed by atoms with Gasteiger partial charge in [0, 0.05) is 24.7 Å². The fourth-order valence-corrected chi connectivity index (χ4v) is 4.40. The van der Waals surface area contributed by atoms with Gasteiger partial charge in [0.1, 0.15) is 11.5 Å². The molecule has 0 aliphatic carbocycles. The molecule has 30 heavy (non-hydrogen) atoms. The number of carboxylic acid groups (broad SMARTS) is 1. The van der Waals surface area contributed by atoms with Crippen molar-refractivity contribution in [3.63, 3.8) is 0 Å². The van der Waals surface area contributed by atoms with Crippen LogP contribution in [0.25, 0.3) is 0 Å². The number of phenols is 1. The summed E-state index contributed by atoms with van der Waals surface area (Å²) >= 11 is 0. The zero-order valence-electron chi connectivity index (χ0n) is 16.2. The number of aromatic hydroxyl groups is 1. The number of benzene rings is 3. The molecule has 0 saturated heterocycles. The van der Waals surface area contributed by atoms with Crippen LogP contribution >= 0.6 is 0 Å². The van der Waals surface area contributed by atoms with Gasteiger partial charge < -0.3 is 14.9 Å². The molecule has 0 radical (unpaired) electrons. The molecular formula is C22H21NO6S. The lowest BCUT2D eigenvalue weighted by Crippen LogP contribution is -2.30. The first-order valence-electron chi connectivity index (χ1n) is 9.04. The topological polar surface area (TPSA) is 104 Å². The van der Waals surface area contributed by atoms with Crippen molar-refractivity contribution in [2.75, 3.05) is 7.11 Å². The Kier molecular flexibility index (Phi) is 6.39. The van der Waals surface area contributed by atoms with Crippen LogP contribution in [0.4, 0.5) is 0 Å². The molecule has 0 aliphatic heterocycles. The molecule has 8 heteroatoms. The molecule has 0 spiro atoms. The van der Waals surface area contributed by atoms with Crippen molar-refractivity contribution in [2.45, 2.75) is 18.0 Å². The number of sulfonamides is 1. The molecule has 7 nitrogen and oxygen atoms in total. The number of aromatic carboxylic acids is 1. The summed E-state index contributed by atoms with van der Waals surface area (Å²) in [5.41, 5.74) is 1.34. The first kappa shape index (κ1) is 21.4. The van der Waals surface area contributed by atoms with Gasteiger partial charge in [-0.15, -0.1) is 0 Å². The van der Waals surface area contributed by atoms with Crippen LogP contribution in [0.3, 0.4) is 0 Å². The van der Waals surface area contributed by atoms with E-state index in [1.54, 1.807) is 36.4 Å². The normalized spacial score (nSPS) is 11.4. The van der Waals surface area contributed by atoms with Crippen molar-refractivity contribution < 1.29 is 28.2 Å². The molecule has 0 unspecified atom stereocenters. The lowest BCUT2D eigenvalue weighted by Gasteiger charge is -2.23. The average Bonchev–Trinajstić information content (AvgIpc) is 2.75. The Morgan fingerprint density at radius 2 is 1.63 bits per heavy atom. The highest BCUT2D eigenvalue weighted by Crippen LogP contribution is 2.28. The molecule has 0 fully saturated rings. The van der Waals surface area contributed by atoms with Crippen LogP contribution in [-0.2, 0) is 23.1 Å². The van der Waals surface area contributed by atoms with E-state index in [0.717, 1.165) is 0 Å². The third-order valence-corrected chi connectivity index (χ3v) is 6.36. The minimum absolute atomic E-state index is 0.00135. The summed E-state index contributed by atoms with van der Waals surface area (Å²) in [6.45, 7) is 0.0303. The highest BCUT2D eigenvalue weighted by Gasteiger charge is 2.26. The van der Waals surface area contributed by atoms with Gasteiger partial charge in [0.2, 0.25) is 10.0 Å². The summed E-state index contributed by atoms with van der Waals surface area (Å²) in [5, 5.41) is 18.8. The maximum Gasteiger partial charge on any atom is 0.335 e. The van der Waals surface area contributed by atoms with Crippen LogP contribution in [-0.4, -0.2) is 36.0 Å². The molecule has 2 N–H and O–H groups in total. The monoisotopic (exact) mass is 427 g/mol. The number of hydrogen-bond donors (Lipinski definition) is 2. The minimum atomic E-state index is -3.86. The molecule has 0 bridgehead atoms. The van der Waals surface area contributed by atoms with Crippen LogP contribution < -0.4 is 4.74 Å². The third-order valence-electron chi connectivity index (χ3n) is 4.56. The van der Waals surface area contributed by atoms with Gasteiger partial charge in [-0.1, -0.05) is 36.4 Å². The zero-order chi connectivity index (χ0) is 21.7. The van der Waals surface area contributed by atoms with Crippen LogP contribution in [0.15, 0.2) is 77.7 Å². The Bertz CT molecular complexity index is 1130. The van der Waals surface area contributed by atoms with E-state index in [4.69, 9.17) is 9.84 Å². The standard InChI is InChI=1S/C22H21NO6S/c1-29-21-13-19(24)12-11-18(21)15-23(30(27,28)20-5-3-2-4-6-20)14-16-7-9-17(10-8-16)22(25)26/h2-13,24H,14-15H2,1H3,(H,25,26). The fourth-order valence-electron chi connectivity index (χ4n) is 2.98. The van der Waals surface area contributed by atoms with Crippen molar-refractivity contribution >= 4 is 16.0 Å². The van der Waals surface area contributed by atoms with Gasteiger partial charge in [-0.05, 0) is 35.9 Å². The van der Waals surface area contributed by atoms with Gasteiger partial charge in [-0.3, -0.25) is 0 Å². The molecule has 3 aromatic carbocycles. The van der Waals surface area contributed by atoms with Gasteiger partial charge >= 0.3 is 5.97 Å². The maximum atomic E-state index is 13.3. The second-order valence-corrected chi connectivity index (χ2v) is 8.52. The summed E-state index contributed by atoms with van der Waals surface area (Å²) in [6, 6.07) is 18.6. The minimum Gasteiger partial charge on any atom is -0.508 e. The summed E-state index contributed by atoms with van der Waals surface area (Å²) in [5.74, 6) is -0.675. The van der Waals surface area contributed by atoms with E-state index in [0.29, 0.717) is 16.9 Å². The molecular weight excluding hydrogens is 406 g/mol. The molecule has 0 saturated carbocycles. The number of ether oxygens (including phenoxy) is 1. The summed E-state index contributed by atoms with van der Waals surface area (Å²) < 4.78 is 33.2. The van der Waals surface area contributed by atoms with E-state index < -0.39 is 16.0 Å². The van der Waals surface area contributed by atoms with E-state index in [1.807, 2.05) is 0 Å². The zero-order valence-corrected chi connectivity index (χ0v) is 17.0. The number of nitrogens with zero attached hydrogens (tertiary/aromatic N) is 1. The molecule has 0 aromatic heterocycles. The summed E-state index contributed by atoms with van der Waals surface area (Å²) in [7, 11) is -2.42. The van der Waals surface area contributed by atoms with Crippen molar-refractivity contribution in [3.05, 3.63) is 89.5 Å². The molecule has 0 aliphatic rings. The predicted octanol–water partition coefficient (Wildman–Crippen LogP) is 3.49. The number of carboxylic acids is 1. The molecule has 156 valence electrons. The van der Waals surface area contributed by atoms with E-state index in [1.165, 1.54) is 47.8 Å². The van der Waals surface area contributed by atoms with Crippen molar-refractivity contribution in [1.82, 2.24) is 4.31 Å². The van der Waals surface area contributed by atoms with E-state index in [2.05, 4.69) is 0 Å². The van der Waals surface area contributed by atoms with E-state index >= 15 is 0 Å². The molecule has 3 aromatic rings. The molecule has 0 heterocycles. The van der Waals surface area contributed by atoms with Crippen molar-refractivity contribution in [2.24, 2.45) is 0 Å². The van der Waals surface area contributed by atoms with Crippen LogP contribution in [0.5, 0.6) is 11.5 Å². The quantitative estimate of drug-likeness (QED) is 0.570. The van der Waals surface area contributed by atoms with Crippen molar-refractivity contribution in [1.29, 1.82) is 0 Å². The SMILES string of the molecule is COc1cc(O)ccc1CN(Cc1ccc(C(=O)O)cc1)S(=O)(=O)c1ccccc1. The number of rotatable bonds is 8. The second-order valence-electron chi connectivity index (χ2n) is 6.58. The van der Waals surface area contributed by atoms with Crippen LogP contribution in [0.2, 0.25) is 0 Å². The van der Waals surface area contributed by atoms with E-state index in [-0.39, 0.29) is 29.3 Å². The Morgan fingerprint density at radius 1 is 0.967 bits per heavy atom. The number of hydrogen-bond acceptors (Lipinski definition) is 5. The van der Waals surface area contributed by atoms with Crippen molar-refractivity contribution in [3.8, 4) is 11.5 Å². The van der Waals surface area contributed by atoms with Gasteiger partial charge in [-0.2, -0.15) is 4.31 Å². The smallest absolute Gasteiger partial charge is 0.335 e. The average molecular weight is 427 g/mol. The molecule has 0 amide bonds. The predicted molar refractivity (Wildman–Crippen MR) is 111 cm³/mol. The van der Waals surface area contributed by atoms with Crippen LogP contribution in [0.1, 0.15) is 21.5 Å². The summed E-state index contributed by atoms with van der Waals surface area (Å²) in [4.78, 5) is 11.2. The highest BCUT2D eigenvalue weighted by molar-refractivity contribution is 7.89. The Balaban J connectivity index is 1.99. The van der Waals surface area contributed by atoms with E-state index in [9.17, 15) is 18.3 Å². The highest BCUT2D eigenvalue weighted by atomic mass is 32.2. The third kappa shape index (κ3) is 4.79. The largest absolute Gasteiger partial charge is 0.508 e. The molecule has 3 rings (SSSR count). The Hall–Kier alpha value is -3.36. The first-order valence-corrected chi connectivity index (χ1v) is 10.5. The maximum absolute atomic E-state index is 13.3. The van der Waals surface area contributed by atoms with Crippen LogP contribution in [0, 0.1) is 0 Å². The Labute approximate surface area is 174 Å². The number of carbonyl (C=O) groups is 1. The van der Waals surface area contributed by atoms with Gasteiger partial charge in [-0.25, -0.2) is 13.2 Å². The van der Waals surface area contributed by atoms with Gasteiger partial charge in [0.25, 0.3) is 0 Å². The van der Waals surface area contributed by atoms with Gasteiger partial charge in [0.15, 0.2) is 0 Å². The number of phenolic OH excluding ortho intramolecular Hbond substituents is 1. The lowest BCUT2D eigenvalue weighted by molar-refractivity contribution is 0.0697. The second kappa shape index (κ2) is 8.98. The Morgan fingerprint density at radius 3 is 2.23 bits per heavy atom. The first-order chi connectivity index (χ1) is 14.3. The number of methoxy groups -OCH3 is 1. The fraction of sp³-hybridized carbons (Fsp3) is 0.136.